The predicted molar refractivity (Wildman–Crippen MR) is 49.3 cm³/mol. The molecule has 0 atom stereocenters. The van der Waals surface area contributed by atoms with Crippen LogP contribution in [0.15, 0.2) is 24.3 Å². The van der Waals surface area contributed by atoms with Gasteiger partial charge in [-0.2, -0.15) is 0 Å². The van der Waals surface area contributed by atoms with Gasteiger partial charge in [-0.25, -0.2) is 9.59 Å². The number of esters is 1. The second-order valence-corrected chi connectivity index (χ2v) is 2.11. The summed E-state index contributed by atoms with van der Waals surface area (Å²) >= 11 is 0. The topological polar surface area (TPSA) is 63.6 Å². The van der Waals surface area contributed by atoms with Gasteiger partial charge in [-0.05, 0) is 13.8 Å². The van der Waals surface area contributed by atoms with E-state index < -0.39 is 5.97 Å². The number of ether oxygens (including phenoxy) is 1. The molecule has 0 fully saturated rings. The van der Waals surface area contributed by atoms with Crippen molar-refractivity contribution in [3.05, 3.63) is 24.3 Å². The minimum atomic E-state index is -0.891. The van der Waals surface area contributed by atoms with Crippen molar-refractivity contribution in [2.75, 3.05) is 7.11 Å². The summed E-state index contributed by atoms with van der Waals surface area (Å²) in [4.78, 5) is 19.7. The monoisotopic (exact) mass is 186 g/mol. The fourth-order valence-corrected chi connectivity index (χ4v) is 0.317. The molecule has 0 aromatic heterocycles. The lowest BCUT2D eigenvalue weighted by atomic mass is 10.4. The maximum atomic E-state index is 10.2. The lowest BCUT2D eigenvalue weighted by Gasteiger charge is -1.91. The highest BCUT2D eigenvalue weighted by Gasteiger charge is 1.95. The van der Waals surface area contributed by atoms with Gasteiger partial charge >= 0.3 is 11.9 Å². The summed E-state index contributed by atoms with van der Waals surface area (Å²) in [5.41, 5.74) is 0.433. The number of rotatable bonds is 2. The van der Waals surface area contributed by atoms with Gasteiger partial charge in [0.2, 0.25) is 0 Å². The fraction of sp³-hybridized carbons (Fsp3) is 0.333. The maximum absolute atomic E-state index is 10.2. The molecule has 0 aromatic rings. The largest absolute Gasteiger partial charge is 0.478 e. The Balaban J connectivity index is 0. The van der Waals surface area contributed by atoms with Crippen molar-refractivity contribution < 1.29 is 19.4 Å². The molecule has 0 rings (SSSR count). The molecule has 0 amide bonds. The van der Waals surface area contributed by atoms with E-state index in [2.05, 4.69) is 11.3 Å². The summed E-state index contributed by atoms with van der Waals surface area (Å²) in [6, 6.07) is 0. The number of carbonyl (C=O) groups is 2. The molecule has 4 nitrogen and oxygen atoms in total. The highest BCUT2D eigenvalue weighted by Crippen LogP contribution is 1.87. The Morgan fingerprint density at radius 2 is 1.92 bits per heavy atom. The first-order valence-corrected chi connectivity index (χ1v) is 3.55. The minimum Gasteiger partial charge on any atom is -0.478 e. The fourth-order valence-electron chi connectivity index (χ4n) is 0.317. The van der Waals surface area contributed by atoms with E-state index in [-0.39, 0.29) is 5.97 Å². The van der Waals surface area contributed by atoms with E-state index in [0.29, 0.717) is 5.57 Å². The molecule has 0 bridgehead atoms. The molecule has 0 saturated carbocycles. The average Bonchev–Trinajstić information content (AvgIpc) is 2.03. The van der Waals surface area contributed by atoms with Crippen LogP contribution in [0.1, 0.15) is 13.8 Å². The Labute approximate surface area is 77.5 Å². The number of carbonyl (C=O) groups excluding carboxylic acids is 1. The van der Waals surface area contributed by atoms with Crippen LogP contribution >= 0.6 is 0 Å². The van der Waals surface area contributed by atoms with Crippen molar-refractivity contribution in [3.63, 3.8) is 0 Å². The molecule has 0 saturated heterocycles. The summed E-state index contributed by atoms with van der Waals surface area (Å²) in [7, 11) is 1.33. The van der Waals surface area contributed by atoms with E-state index in [1.165, 1.54) is 13.2 Å². The number of aliphatic carboxylic acids is 1. The number of carboxylic acids is 1. The second kappa shape index (κ2) is 8.52. The predicted octanol–water partition coefficient (Wildman–Crippen LogP) is 1.38. The molecule has 0 aliphatic heterocycles. The van der Waals surface area contributed by atoms with Crippen LogP contribution in [-0.2, 0) is 14.3 Å². The molecular weight excluding hydrogens is 172 g/mol. The van der Waals surface area contributed by atoms with E-state index >= 15 is 0 Å². The molecule has 0 unspecified atom stereocenters. The summed E-state index contributed by atoms with van der Waals surface area (Å²) in [5.74, 6) is -1.24. The third kappa shape index (κ3) is 13.4. The van der Waals surface area contributed by atoms with Gasteiger partial charge in [0.05, 0.1) is 7.11 Å². The normalized spacial score (nSPS) is 8.54. The van der Waals surface area contributed by atoms with Gasteiger partial charge in [0.1, 0.15) is 0 Å². The average molecular weight is 186 g/mol. The van der Waals surface area contributed by atoms with Crippen molar-refractivity contribution in [1.29, 1.82) is 0 Å². The van der Waals surface area contributed by atoms with E-state index in [4.69, 9.17) is 5.11 Å². The summed E-state index contributed by atoms with van der Waals surface area (Å²) < 4.78 is 4.27. The molecule has 13 heavy (non-hydrogen) atoms. The van der Waals surface area contributed by atoms with E-state index in [9.17, 15) is 9.59 Å². The first-order valence-electron chi connectivity index (χ1n) is 3.55. The molecule has 0 aliphatic rings. The Morgan fingerprint density at radius 1 is 1.46 bits per heavy atom. The zero-order valence-corrected chi connectivity index (χ0v) is 8.03. The standard InChI is InChI=1S/C5H8O2.C4H6O2/c1-4(2)5(6)7-3;1-2-3-4(5)6/h1H2,2-3H3;2-3H,1H3,(H,5,6). The first kappa shape index (κ1) is 14.0. The van der Waals surface area contributed by atoms with E-state index in [1.807, 2.05) is 0 Å². The third-order valence-corrected chi connectivity index (χ3v) is 0.843. The summed E-state index contributed by atoms with van der Waals surface area (Å²) in [6.45, 7) is 6.62. The molecule has 0 spiro atoms. The van der Waals surface area contributed by atoms with Crippen molar-refractivity contribution in [2.45, 2.75) is 13.8 Å². The van der Waals surface area contributed by atoms with Crippen LogP contribution in [-0.4, -0.2) is 24.2 Å². The number of carboxylic acid groups (broad SMARTS) is 1. The number of hydrogen-bond acceptors (Lipinski definition) is 3. The van der Waals surface area contributed by atoms with Gasteiger partial charge in [-0.15, -0.1) is 0 Å². The van der Waals surface area contributed by atoms with Gasteiger partial charge in [0, 0.05) is 11.6 Å². The highest BCUT2D eigenvalue weighted by atomic mass is 16.5. The van der Waals surface area contributed by atoms with Crippen molar-refractivity contribution in [3.8, 4) is 0 Å². The first-order chi connectivity index (χ1) is 5.95. The number of methoxy groups -OCH3 is 1. The van der Waals surface area contributed by atoms with Gasteiger partial charge in [0.15, 0.2) is 0 Å². The number of hydrogen-bond donors (Lipinski definition) is 1. The van der Waals surface area contributed by atoms with Crippen molar-refractivity contribution in [2.24, 2.45) is 0 Å². The lowest BCUT2D eigenvalue weighted by Crippen LogP contribution is -1.98. The van der Waals surface area contributed by atoms with Gasteiger partial charge < -0.3 is 9.84 Å². The van der Waals surface area contributed by atoms with Crippen molar-refractivity contribution >= 4 is 11.9 Å². The summed E-state index contributed by atoms with van der Waals surface area (Å²) in [6.07, 6.45) is 2.56. The van der Waals surface area contributed by atoms with Crippen LogP contribution in [0.3, 0.4) is 0 Å². The highest BCUT2D eigenvalue weighted by molar-refractivity contribution is 5.86. The molecule has 0 radical (unpaired) electrons. The Kier molecular flexibility index (Phi) is 9.15. The second-order valence-electron chi connectivity index (χ2n) is 2.11. The molecule has 0 aromatic carbocycles. The number of allylic oxidation sites excluding steroid dienone is 1. The van der Waals surface area contributed by atoms with E-state index in [1.54, 1.807) is 13.8 Å². The minimum absolute atomic E-state index is 0.347. The van der Waals surface area contributed by atoms with Crippen LogP contribution < -0.4 is 0 Å². The lowest BCUT2D eigenvalue weighted by molar-refractivity contribution is -0.136. The van der Waals surface area contributed by atoms with Crippen LogP contribution in [0, 0.1) is 0 Å². The molecule has 1 N–H and O–H groups in total. The van der Waals surface area contributed by atoms with Gasteiger partial charge in [0.25, 0.3) is 0 Å². The van der Waals surface area contributed by atoms with Gasteiger partial charge in [-0.1, -0.05) is 12.7 Å². The molecule has 0 heterocycles. The molecule has 74 valence electrons. The van der Waals surface area contributed by atoms with Crippen LogP contribution in [0.4, 0.5) is 0 Å². The van der Waals surface area contributed by atoms with Gasteiger partial charge in [-0.3, -0.25) is 0 Å². The smallest absolute Gasteiger partial charge is 0.332 e. The Bertz CT molecular complexity index is 216. The van der Waals surface area contributed by atoms with Crippen LogP contribution in [0.5, 0.6) is 0 Å². The third-order valence-electron chi connectivity index (χ3n) is 0.843. The Morgan fingerprint density at radius 3 is 1.92 bits per heavy atom. The zero-order valence-electron chi connectivity index (χ0n) is 8.03. The zero-order chi connectivity index (χ0) is 10.9. The van der Waals surface area contributed by atoms with E-state index in [0.717, 1.165) is 6.08 Å². The molecule has 0 aliphatic carbocycles. The van der Waals surface area contributed by atoms with Crippen LogP contribution in [0.25, 0.3) is 0 Å². The van der Waals surface area contributed by atoms with Crippen molar-refractivity contribution in [1.82, 2.24) is 0 Å². The molecule has 4 heteroatoms. The Hall–Kier alpha value is -1.58. The maximum Gasteiger partial charge on any atom is 0.332 e. The van der Waals surface area contributed by atoms with Crippen LogP contribution in [0.2, 0.25) is 0 Å². The summed E-state index contributed by atoms with van der Waals surface area (Å²) in [5, 5.41) is 7.83. The quantitative estimate of drug-likeness (QED) is 0.522. The SMILES string of the molecule is C=C(C)C(=O)OC.CC=CC(=O)O. The molecular formula is C9H14O4.